The molecule has 0 saturated carbocycles. The molecule has 0 bridgehead atoms. The molecule has 170 valence electrons. The molecule has 31 heavy (non-hydrogen) atoms. The molecular weight excluding hydrogens is 440 g/mol. The van der Waals surface area contributed by atoms with Crippen molar-refractivity contribution in [2.24, 2.45) is 0 Å². The van der Waals surface area contributed by atoms with E-state index in [1.807, 2.05) is 27.7 Å². The summed E-state index contributed by atoms with van der Waals surface area (Å²) in [6.07, 6.45) is 2.84. The van der Waals surface area contributed by atoms with E-state index in [2.05, 4.69) is 20.8 Å². The number of nitrogens with one attached hydrogen (secondary N) is 2. The van der Waals surface area contributed by atoms with Crippen LogP contribution in [0.1, 0.15) is 51.5 Å². The number of anilines is 1. The highest BCUT2D eigenvalue weighted by Crippen LogP contribution is 2.24. The lowest BCUT2D eigenvalue weighted by Crippen LogP contribution is -2.32. The molecule has 2 rings (SSSR count). The number of aromatic nitrogens is 2. The molecule has 0 atom stereocenters. The first-order chi connectivity index (χ1) is 14.6. The Labute approximate surface area is 191 Å². The van der Waals surface area contributed by atoms with Crippen molar-refractivity contribution in [1.29, 1.82) is 0 Å². The summed E-state index contributed by atoms with van der Waals surface area (Å²) in [6, 6.07) is 5.37. The first kappa shape index (κ1) is 25.0. The summed E-state index contributed by atoms with van der Waals surface area (Å²) in [6.45, 7) is 7.90. The zero-order chi connectivity index (χ0) is 22.9. The lowest BCUT2D eigenvalue weighted by molar-refractivity contribution is -0.113. The summed E-state index contributed by atoms with van der Waals surface area (Å²) >= 11 is 7.25. The molecule has 0 aliphatic carbocycles. The largest absolute Gasteiger partial charge is 0.444 e. The Morgan fingerprint density at radius 1 is 1.19 bits per heavy atom. The van der Waals surface area contributed by atoms with Gasteiger partial charge >= 0.3 is 6.09 Å². The summed E-state index contributed by atoms with van der Waals surface area (Å²) in [4.78, 5) is 23.7. The van der Waals surface area contributed by atoms with Gasteiger partial charge in [-0.15, -0.1) is 10.2 Å². The predicted octanol–water partition coefficient (Wildman–Crippen LogP) is 5.00. The average molecular weight is 469 g/mol. The van der Waals surface area contributed by atoms with Gasteiger partial charge in [0.25, 0.3) is 5.22 Å². The van der Waals surface area contributed by atoms with Crippen molar-refractivity contribution in [3.05, 3.63) is 34.7 Å². The molecule has 2 amide bonds. The van der Waals surface area contributed by atoms with Gasteiger partial charge in [0.05, 0.1) is 5.75 Å². The minimum absolute atomic E-state index is 0.157. The standard InChI is InChI=1S/C21H29ClN4O4S/c1-14-15(22)9-8-10-16(14)24-17(27)13-31-20-26-25-18(29-20)11-6-5-7-12-23-19(28)30-21(2,3)4/h8-10H,5-7,11-13H2,1-4H3,(H,23,28)(H,24,27). The Hall–Kier alpha value is -2.26. The number of nitrogens with zero attached hydrogens (tertiary/aromatic N) is 2. The summed E-state index contributed by atoms with van der Waals surface area (Å²) in [7, 11) is 0. The fourth-order valence-corrected chi connectivity index (χ4v) is 3.29. The summed E-state index contributed by atoms with van der Waals surface area (Å²) in [5.74, 6) is 0.519. The number of carbonyl (C=O) groups excluding carboxylic acids is 2. The number of aryl methyl sites for hydroxylation is 1. The SMILES string of the molecule is Cc1c(Cl)cccc1NC(=O)CSc1nnc(CCCCCNC(=O)OC(C)(C)C)o1. The van der Waals surface area contributed by atoms with E-state index in [0.29, 0.717) is 34.8 Å². The quantitative estimate of drug-likeness (QED) is 0.373. The number of thioether (sulfide) groups is 1. The predicted molar refractivity (Wildman–Crippen MR) is 122 cm³/mol. The third kappa shape index (κ3) is 9.61. The maximum atomic E-state index is 12.1. The molecule has 1 heterocycles. The lowest BCUT2D eigenvalue weighted by Gasteiger charge is -2.19. The molecule has 0 radical (unpaired) electrons. The molecule has 0 aliphatic rings. The molecule has 8 nitrogen and oxygen atoms in total. The van der Waals surface area contributed by atoms with Gasteiger partial charge in [0.15, 0.2) is 0 Å². The normalized spacial score (nSPS) is 11.3. The first-order valence-corrected chi connectivity index (χ1v) is 11.5. The smallest absolute Gasteiger partial charge is 0.407 e. The van der Waals surface area contributed by atoms with Gasteiger partial charge in [-0.25, -0.2) is 4.79 Å². The molecule has 0 aliphatic heterocycles. The molecule has 0 unspecified atom stereocenters. The summed E-state index contributed by atoms with van der Waals surface area (Å²) < 4.78 is 10.8. The molecule has 2 aromatic rings. The van der Waals surface area contributed by atoms with Gasteiger partial charge in [0, 0.05) is 23.7 Å². The molecule has 0 saturated heterocycles. The molecule has 1 aromatic carbocycles. The fraction of sp³-hybridized carbons (Fsp3) is 0.524. The number of hydrogen-bond acceptors (Lipinski definition) is 7. The Morgan fingerprint density at radius 3 is 2.71 bits per heavy atom. The number of halogens is 1. The van der Waals surface area contributed by atoms with Crippen LogP contribution < -0.4 is 10.6 Å². The molecule has 0 spiro atoms. The van der Waals surface area contributed by atoms with E-state index < -0.39 is 11.7 Å². The zero-order valence-electron chi connectivity index (χ0n) is 18.3. The second kappa shape index (κ2) is 12.0. The van der Waals surface area contributed by atoms with Gasteiger partial charge in [0.1, 0.15) is 5.60 Å². The minimum Gasteiger partial charge on any atom is -0.444 e. The highest BCUT2D eigenvalue weighted by Gasteiger charge is 2.15. The van der Waals surface area contributed by atoms with Crippen LogP contribution in [0.25, 0.3) is 0 Å². The van der Waals surface area contributed by atoms with Crippen LogP contribution in [0.4, 0.5) is 10.5 Å². The van der Waals surface area contributed by atoms with Crippen molar-refractivity contribution in [1.82, 2.24) is 15.5 Å². The number of rotatable bonds is 10. The van der Waals surface area contributed by atoms with Crippen LogP contribution in [0.5, 0.6) is 0 Å². The van der Waals surface area contributed by atoms with Crippen LogP contribution in [0.3, 0.4) is 0 Å². The first-order valence-electron chi connectivity index (χ1n) is 10.1. The van der Waals surface area contributed by atoms with Crippen molar-refractivity contribution in [3.63, 3.8) is 0 Å². The van der Waals surface area contributed by atoms with E-state index in [1.54, 1.807) is 18.2 Å². The van der Waals surface area contributed by atoms with Gasteiger partial charge < -0.3 is 19.8 Å². The van der Waals surface area contributed by atoms with Crippen molar-refractivity contribution < 1.29 is 18.7 Å². The fourth-order valence-electron chi connectivity index (χ4n) is 2.54. The number of benzene rings is 1. The van der Waals surface area contributed by atoms with E-state index in [9.17, 15) is 9.59 Å². The van der Waals surface area contributed by atoms with Crippen LogP contribution >= 0.6 is 23.4 Å². The number of ether oxygens (including phenoxy) is 1. The van der Waals surface area contributed by atoms with E-state index in [-0.39, 0.29) is 11.7 Å². The highest BCUT2D eigenvalue weighted by atomic mass is 35.5. The van der Waals surface area contributed by atoms with Gasteiger partial charge in [-0.05, 0) is 58.2 Å². The van der Waals surface area contributed by atoms with E-state index in [0.717, 1.165) is 24.8 Å². The van der Waals surface area contributed by atoms with Gasteiger partial charge in [-0.2, -0.15) is 0 Å². The summed E-state index contributed by atoms with van der Waals surface area (Å²) in [5, 5.41) is 14.5. The van der Waals surface area contributed by atoms with Crippen molar-refractivity contribution in [2.45, 2.75) is 64.2 Å². The zero-order valence-corrected chi connectivity index (χ0v) is 19.9. The molecule has 10 heteroatoms. The van der Waals surface area contributed by atoms with Crippen LogP contribution in [0.15, 0.2) is 27.8 Å². The second-order valence-corrected chi connectivity index (χ2v) is 9.28. The van der Waals surface area contributed by atoms with Gasteiger partial charge in [-0.3, -0.25) is 4.79 Å². The number of alkyl carbamates (subject to hydrolysis) is 1. The topological polar surface area (TPSA) is 106 Å². The highest BCUT2D eigenvalue weighted by molar-refractivity contribution is 7.99. The van der Waals surface area contributed by atoms with Crippen LogP contribution in [0.2, 0.25) is 5.02 Å². The van der Waals surface area contributed by atoms with E-state index >= 15 is 0 Å². The number of amides is 2. The van der Waals surface area contributed by atoms with E-state index in [1.165, 1.54) is 11.8 Å². The van der Waals surface area contributed by atoms with Crippen LogP contribution in [-0.4, -0.2) is 40.1 Å². The third-order valence-electron chi connectivity index (χ3n) is 4.05. The summed E-state index contributed by atoms with van der Waals surface area (Å²) in [5.41, 5.74) is 1.02. The van der Waals surface area contributed by atoms with Crippen molar-refractivity contribution in [3.8, 4) is 0 Å². The molecular formula is C21H29ClN4O4S. The minimum atomic E-state index is -0.493. The average Bonchev–Trinajstić information content (AvgIpc) is 3.13. The Bertz CT molecular complexity index is 883. The Balaban J connectivity index is 1.62. The number of carbonyl (C=O) groups is 2. The molecule has 0 fully saturated rings. The van der Waals surface area contributed by atoms with Crippen molar-refractivity contribution >= 4 is 41.1 Å². The van der Waals surface area contributed by atoms with Gasteiger partial charge in [0.2, 0.25) is 11.8 Å². The van der Waals surface area contributed by atoms with Gasteiger partial charge in [-0.1, -0.05) is 35.9 Å². The maximum Gasteiger partial charge on any atom is 0.407 e. The maximum absolute atomic E-state index is 12.1. The van der Waals surface area contributed by atoms with Crippen LogP contribution in [0, 0.1) is 6.92 Å². The number of hydrogen-bond donors (Lipinski definition) is 2. The lowest BCUT2D eigenvalue weighted by atomic mass is 10.2. The van der Waals surface area contributed by atoms with Crippen LogP contribution in [-0.2, 0) is 16.0 Å². The number of unbranched alkanes of at least 4 members (excludes halogenated alkanes) is 2. The molecule has 2 N–H and O–H groups in total. The second-order valence-electron chi connectivity index (χ2n) is 7.95. The molecule has 1 aromatic heterocycles. The monoisotopic (exact) mass is 468 g/mol. The van der Waals surface area contributed by atoms with Crippen molar-refractivity contribution in [2.75, 3.05) is 17.6 Å². The van der Waals surface area contributed by atoms with E-state index in [4.69, 9.17) is 20.8 Å². The third-order valence-corrected chi connectivity index (χ3v) is 5.28. The Morgan fingerprint density at radius 2 is 1.97 bits per heavy atom. The Kier molecular flexibility index (Phi) is 9.64.